The Morgan fingerprint density at radius 3 is 2.72 bits per heavy atom. The molecule has 0 saturated carbocycles. The second-order valence-electron chi connectivity index (χ2n) is 5.21. The minimum atomic E-state index is -0.514. The van der Waals surface area contributed by atoms with Crippen molar-refractivity contribution in [2.24, 2.45) is 7.05 Å². The third-order valence-electron chi connectivity index (χ3n) is 3.34. The molecule has 1 aromatic heterocycles. The first-order chi connectivity index (χ1) is 11.8. The maximum absolute atomic E-state index is 12.1. The number of carbonyl (C=O) groups excluding carboxylic acids is 2. The third kappa shape index (κ3) is 4.31. The molecule has 0 spiro atoms. The van der Waals surface area contributed by atoms with Crippen LogP contribution >= 0.6 is 0 Å². The Kier molecular flexibility index (Phi) is 5.32. The van der Waals surface area contributed by atoms with E-state index < -0.39 is 16.7 Å². The number of aryl methyl sites for hydroxylation is 2. The molecule has 0 aliphatic heterocycles. The van der Waals surface area contributed by atoms with Crippen LogP contribution in [-0.2, 0) is 11.8 Å². The second-order valence-corrected chi connectivity index (χ2v) is 5.21. The van der Waals surface area contributed by atoms with Crippen molar-refractivity contribution in [2.45, 2.75) is 6.92 Å². The van der Waals surface area contributed by atoms with Crippen LogP contribution in [0.1, 0.15) is 15.9 Å². The number of nitro benzene ring substituents is 1. The van der Waals surface area contributed by atoms with Crippen LogP contribution in [-0.4, -0.2) is 40.2 Å². The lowest BCUT2D eigenvalue weighted by molar-refractivity contribution is -0.384. The van der Waals surface area contributed by atoms with Gasteiger partial charge >= 0.3 is 0 Å². The Bertz CT molecular complexity index is 830. The summed E-state index contributed by atoms with van der Waals surface area (Å²) in [5.41, 5.74) is 1.13. The molecule has 1 aromatic carbocycles. The Morgan fingerprint density at radius 2 is 2.12 bits per heavy atom. The Morgan fingerprint density at radius 1 is 1.40 bits per heavy atom. The number of non-ortho nitro benzene ring substituents is 1. The molecule has 0 unspecified atom stereocenters. The summed E-state index contributed by atoms with van der Waals surface area (Å²) in [6, 6.07) is 4.09. The van der Waals surface area contributed by atoms with E-state index in [1.165, 1.54) is 36.2 Å². The summed E-state index contributed by atoms with van der Waals surface area (Å²) in [6.45, 7) is 1.37. The predicted molar refractivity (Wildman–Crippen MR) is 88.6 cm³/mol. The minimum Gasteiger partial charge on any atom is -0.479 e. The van der Waals surface area contributed by atoms with E-state index in [4.69, 9.17) is 4.74 Å². The molecule has 1 heterocycles. The molecule has 25 heavy (non-hydrogen) atoms. The van der Waals surface area contributed by atoms with Crippen LogP contribution in [0.3, 0.4) is 0 Å². The smallest absolute Gasteiger partial charge is 0.269 e. The lowest BCUT2D eigenvalue weighted by Gasteiger charge is -2.09. The zero-order chi connectivity index (χ0) is 18.6. The van der Waals surface area contributed by atoms with Crippen LogP contribution in [0.5, 0.6) is 5.88 Å². The molecular formula is C15H17N5O5. The average Bonchev–Trinajstić information content (AvgIpc) is 2.95. The number of hydrogen-bond acceptors (Lipinski definition) is 6. The van der Waals surface area contributed by atoms with E-state index in [0.717, 1.165) is 0 Å². The van der Waals surface area contributed by atoms with Gasteiger partial charge in [-0.3, -0.25) is 24.4 Å². The molecule has 0 atom stereocenters. The van der Waals surface area contributed by atoms with Crippen LogP contribution < -0.4 is 15.4 Å². The highest BCUT2D eigenvalue weighted by molar-refractivity contribution is 6.00. The van der Waals surface area contributed by atoms with Crippen molar-refractivity contribution in [3.8, 4) is 5.88 Å². The van der Waals surface area contributed by atoms with Crippen molar-refractivity contribution in [2.75, 3.05) is 19.0 Å². The fourth-order valence-corrected chi connectivity index (χ4v) is 2.13. The van der Waals surface area contributed by atoms with Crippen molar-refractivity contribution in [1.82, 2.24) is 15.1 Å². The largest absolute Gasteiger partial charge is 0.479 e. The van der Waals surface area contributed by atoms with Crippen LogP contribution in [0.15, 0.2) is 24.4 Å². The minimum absolute atomic E-state index is 0.0625. The van der Waals surface area contributed by atoms with E-state index in [-0.39, 0.29) is 23.7 Å². The van der Waals surface area contributed by atoms with Gasteiger partial charge in [0.2, 0.25) is 11.8 Å². The number of carbonyl (C=O) groups is 2. The molecule has 2 rings (SSSR count). The topological polar surface area (TPSA) is 128 Å². The van der Waals surface area contributed by atoms with Crippen LogP contribution in [0, 0.1) is 17.0 Å². The van der Waals surface area contributed by atoms with E-state index >= 15 is 0 Å². The molecule has 0 saturated heterocycles. The maximum atomic E-state index is 12.1. The third-order valence-corrected chi connectivity index (χ3v) is 3.34. The number of amides is 2. The number of rotatable bonds is 6. The van der Waals surface area contributed by atoms with E-state index in [9.17, 15) is 19.7 Å². The highest BCUT2D eigenvalue weighted by atomic mass is 16.6. The molecule has 0 fully saturated rings. The van der Waals surface area contributed by atoms with Gasteiger partial charge in [-0.15, -0.1) is 5.10 Å². The van der Waals surface area contributed by atoms with Gasteiger partial charge in [0.25, 0.3) is 11.6 Å². The molecule has 2 amide bonds. The Labute approximate surface area is 142 Å². The van der Waals surface area contributed by atoms with Crippen molar-refractivity contribution >= 4 is 23.2 Å². The molecule has 10 heteroatoms. The van der Waals surface area contributed by atoms with E-state index in [0.29, 0.717) is 11.3 Å². The first-order valence-electron chi connectivity index (χ1n) is 7.22. The predicted octanol–water partition coefficient (Wildman–Crippen LogP) is 1.01. The van der Waals surface area contributed by atoms with Crippen LogP contribution in [0.25, 0.3) is 0 Å². The van der Waals surface area contributed by atoms with Gasteiger partial charge in [0.05, 0.1) is 18.6 Å². The van der Waals surface area contributed by atoms with Gasteiger partial charge < -0.3 is 15.4 Å². The van der Waals surface area contributed by atoms with Crippen LogP contribution in [0.2, 0.25) is 0 Å². The van der Waals surface area contributed by atoms with Gasteiger partial charge in [0.1, 0.15) is 5.56 Å². The zero-order valence-electron chi connectivity index (χ0n) is 13.9. The summed E-state index contributed by atoms with van der Waals surface area (Å²) in [7, 11) is 3.03. The lowest BCUT2D eigenvalue weighted by Crippen LogP contribution is -2.33. The Hall–Kier alpha value is -3.43. The summed E-state index contributed by atoms with van der Waals surface area (Å²) in [5, 5.41) is 19.7. The van der Waals surface area contributed by atoms with Gasteiger partial charge in [-0.1, -0.05) is 0 Å². The molecule has 0 bridgehead atoms. The summed E-state index contributed by atoms with van der Waals surface area (Å²) >= 11 is 0. The number of anilines is 1. The molecular weight excluding hydrogens is 330 g/mol. The van der Waals surface area contributed by atoms with Crippen molar-refractivity contribution < 1.29 is 19.2 Å². The number of ether oxygens (including phenoxy) is 1. The first-order valence-corrected chi connectivity index (χ1v) is 7.22. The molecule has 2 aromatic rings. The van der Waals surface area contributed by atoms with E-state index in [1.807, 2.05) is 0 Å². The fourth-order valence-electron chi connectivity index (χ4n) is 2.13. The summed E-state index contributed by atoms with van der Waals surface area (Å²) < 4.78 is 6.41. The fraction of sp³-hybridized carbons (Fsp3) is 0.267. The quantitative estimate of drug-likeness (QED) is 0.593. The number of aromatic nitrogens is 2. The number of nitro groups is 1. The molecule has 0 aliphatic rings. The van der Waals surface area contributed by atoms with Gasteiger partial charge in [-0.25, -0.2) is 0 Å². The van der Waals surface area contributed by atoms with Crippen molar-refractivity contribution in [1.29, 1.82) is 0 Å². The van der Waals surface area contributed by atoms with Crippen molar-refractivity contribution in [3.63, 3.8) is 0 Å². The maximum Gasteiger partial charge on any atom is 0.269 e. The van der Waals surface area contributed by atoms with E-state index in [2.05, 4.69) is 15.7 Å². The number of nitrogens with one attached hydrogen (secondary N) is 2. The molecule has 10 nitrogen and oxygen atoms in total. The van der Waals surface area contributed by atoms with Gasteiger partial charge in [-0.2, -0.15) is 0 Å². The molecule has 2 N–H and O–H groups in total. The number of benzene rings is 1. The van der Waals surface area contributed by atoms with Gasteiger partial charge in [-0.05, 0) is 18.6 Å². The standard InChI is InChI=1S/C15H17N5O5/c1-9-6-10(20(23)24)4-5-12(9)17-13(21)7-16-14(22)11-8-19(2)18-15(11)25-3/h4-6,8H,7H2,1-3H3,(H,16,22)(H,17,21). The summed E-state index contributed by atoms with van der Waals surface area (Å²) in [6.07, 6.45) is 1.48. The molecule has 0 radical (unpaired) electrons. The lowest BCUT2D eigenvalue weighted by atomic mass is 10.2. The highest BCUT2D eigenvalue weighted by Crippen LogP contribution is 2.21. The SMILES string of the molecule is COc1nn(C)cc1C(=O)NCC(=O)Nc1ccc([N+](=O)[O-])cc1C. The number of nitrogens with zero attached hydrogens (tertiary/aromatic N) is 3. The van der Waals surface area contributed by atoms with Gasteiger partial charge in [0.15, 0.2) is 0 Å². The Balaban J connectivity index is 1.96. The first kappa shape index (κ1) is 17.9. The number of hydrogen-bond donors (Lipinski definition) is 2. The zero-order valence-corrected chi connectivity index (χ0v) is 13.9. The molecule has 132 valence electrons. The summed E-state index contributed by atoms with van der Waals surface area (Å²) in [4.78, 5) is 34.2. The van der Waals surface area contributed by atoms with E-state index in [1.54, 1.807) is 14.0 Å². The van der Waals surface area contributed by atoms with Crippen molar-refractivity contribution in [3.05, 3.63) is 45.6 Å². The van der Waals surface area contributed by atoms with Gasteiger partial charge in [0, 0.05) is 31.1 Å². The summed E-state index contributed by atoms with van der Waals surface area (Å²) in [5.74, 6) is -0.805. The second kappa shape index (κ2) is 7.43. The monoisotopic (exact) mass is 347 g/mol. The highest BCUT2D eigenvalue weighted by Gasteiger charge is 2.17. The molecule has 0 aliphatic carbocycles. The average molecular weight is 347 g/mol. The number of methoxy groups -OCH3 is 1. The van der Waals surface area contributed by atoms with Crippen LogP contribution in [0.4, 0.5) is 11.4 Å². The normalized spacial score (nSPS) is 10.2.